The second-order valence-corrected chi connectivity index (χ2v) is 10.5. The van der Waals surface area contributed by atoms with E-state index in [0.29, 0.717) is 11.6 Å². The molecule has 0 spiro atoms. The standard InChI is InChI=1S/C25H28N6O3S2/c32-16-19-11-5-4-10-18(19)15-21(34)27-25-31-29-23(36-25)13-7-6-12-22-28-30-24(35-22)26-20(33)14-17-8-2-1-3-9-17/h1-5,8-11,24,30,32H,6-7,12-16H2,(H,26,33)(H,27,31,34). The number of benzene rings is 2. The Hall–Kier alpha value is -3.28. The van der Waals surface area contributed by atoms with Gasteiger partial charge in [-0.15, -0.1) is 10.2 Å². The first-order valence-corrected chi connectivity index (χ1v) is 13.4. The van der Waals surface area contributed by atoms with Crippen LogP contribution in [0.25, 0.3) is 0 Å². The zero-order chi connectivity index (χ0) is 25.2. The van der Waals surface area contributed by atoms with E-state index < -0.39 is 0 Å². The fraction of sp³-hybridized carbons (Fsp3) is 0.320. The Bertz CT molecular complexity index is 1200. The number of aliphatic hydroxyl groups excluding tert-OH is 1. The van der Waals surface area contributed by atoms with Gasteiger partial charge in [0, 0.05) is 6.42 Å². The fourth-order valence-electron chi connectivity index (χ4n) is 3.65. The van der Waals surface area contributed by atoms with Crippen molar-refractivity contribution >= 4 is 45.1 Å². The number of hydrazone groups is 1. The maximum absolute atomic E-state index is 12.4. The molecule has 1 aliphatic heterocycles. The smallest absolute Gasteiger partial charge is 0.230 e. The zero-order valence-corrected chi connectivity index (χ0v) is 21.3. The summed E-state index contributed by atoms with van der Waals surface area (Å²) >= 11 is 2.90. The van der Waals surface area contributed by atoms with Gasteiger partial charge in [0.2, 0.25) is 16.9 Å². The molecule has 11 heteroatoms. The molecule has 1 atom stereocenters. The van der Waals surface area contributed by atoms with Crippen molar-refractivity contribution in [2.75, 3.05) is 5.32 Å². The van der Waals surface area contributed by atoms with Crippen molar-refractivity contribution in [2.45, 2.75) is 50.6 Å². The predicted octanol–water partition coefficient (Wildman–Crippen LogP) is 3.22. The summed E-state index contributed by atoms with van der Waals surface area (Å²) in [6, 6.07) is 17.0. The zero-order valence-electron chi connectivity index (χ0n) is 19.6. The van der Waals surface area contributed by atoms with Crippen LogP contribution in [0, 0.1) is 0 Å². The number of aryl methyl sites for hydroxylation is 1. The van der Waals surface area contributed by atoms with Crippen LogP contribution in [0.3, 0.4) is 0 Å². The Labute approximate surface area is 217 Å². The van der Waals surface area contributed by atoms with Gasteiger partial charge in [0.15, 0.2) is 5.50 Å². The van der Waals surface area contributed by atoms with Gasteiger partial charge in [0.1, 0.15) is 5.01 Å². The summed E-state index contributed by atoms with van der Waals surface area (Å²) in [5.41, 5.74) is 5.25. The van der Waals surface area contributed by atoms with Gasteiger partial charge in [-0.25, -0.2) is 0 Å². The molecule has 2 heterocycles. The van der Waals surface area contributed by atoms with Crippen LogP contribution in [0.2, 0.25) is 0 Å². The first-order valence-electron chi connectivity index (χ1n) is 11.7. The number of hydrogen-bond acceptors (Lipinski definition) is 9. The van der Waals surface area contributed by atoms with Gasteiger partial charge < -0.3 is 15.7 Å². The molecule has 0 fully saturated rings. The Kier molecular flexibility index (Phi) is 9.42. The molecular formula is C25H28N6O3S2. The molecule has 188 valence electrons. The molecule has 0 bridgehead atoms. The van der Waals surface area contributed by atoms with E-state index in [0.717, 1.165) is 52.4 Å². The molecule has 9 nitrogen and oxygen atoms in total. The highest BCUT2D eigenvalue weighted by molar-refractivity contribution is 8.14. The Morgan fingerprint density at radius 3 is 2.47 bits per heavy atom. The predicted molar refractivity (Wildman–Crippen MR) is 142 cm³/mol. The topological polar surface area (TPSA) is 129 Å². The first kappa shape index (κ1) is 25.8. The lowest BCUT2D eigenvalue weighted by molar-refractivity contribution is -0.120. The van der Waals surface area contributed by atoms with Gasteiger partial charge in [-0.2, -0.15) is 5.10 Å². The third kappa shape index (κ3) is 7.87. The largest absolute Gasteiger partial charge is 0.392 e. The van der Waals surface area contributed by atoms with Gasteiger partial charge in [-0.3, -0.25) is 15.0 Å². The van der Waals surface area contributed by atoms with E-state index >= 15 is 0 Å². The van der Waals surface area contributed by atoms with E-state index in [1.165, 1.54) is 23.1 Å². The van der Waals surface area contributed by atoms with Crippen LogP contribution < -0.4 is 16.1 Å². The molecule has 1 aliphatic rings. The summed E-state index contributed by atoms with van der Waals surface area (Å²) in [4.78, 5) is 24.6. The van der Waals surface area contributed by atoms with Gasteiger partial charge in [-0.1, -0.05) is 77.7 Å². The number of amides is 2. The van der Waals surface area contributed by atoms with Gasteiger partial charge >= 0.3 is 0 Å². The van der Waals surface area contributed by atoms with Crippen molar-refractivity contribution in [2.24, 2.45) is 5.10 Å². The molecule has 4 rings (SSSR count). The van der Waals surface area contributed by atoms with E-state index in [1.807, 2.05) is 48.5 Å². The van der Waals surface area contributed by atoms with E-state index in [-0.39, 0.29) is 30.3 Å². The van der Waals surface area contributed by atoms with Crippen LogP contribution in [0.15, 0.2) is 59.7 Å². The molecule has 0 aliphatic carbocycles. The van der Waals surface area contributed by atoms with E-state index in [9.17, 15) is 14.7 Å². The van der Waals surface area contributed by atoms with Crippen molar-refractivity contribution in [3.8, 4) is 0 Å². The van der Waals surface area contributed by atoms with Crippen LogP contribution in [-0.2, 0) is 35.5 Å². The number of anilines is 1. The minimum Gasteiger partial charge on any atom is -0.392 e. The number of rotatable bonds is 12. The molecule has 0 saturated carbocycles. The number of unbranched alkanes of at least 4 members (excludes halogenated alkanes) is 1. The molecule has 36 heavy (non-hydrogen) atoms. The maximum atomic E-state index is 12.4. The summed E-state index contributed by atoms with van der Waals surface area (Å²) in [5.74, 6) is -0.229. The van der Waals surface area contributed by atoms with Crippen molar-refractivity contribution in [3.63, 3.8) is 0 Å². The van der Waals surface area contributed by atoms with Crippen LogP contribution in [-0.4, -0.2) is 37.7 Å². The summed E-state index contributed by atoms with van der Waals surface area (Å²) in [6.07, 6.45) is 3.94. The number of hydrogen-bond donors (Lipinski definition) is 4. The second kappa shape index (κ2) is 13.1. The van der Waals surface area contributed by atoms with Crippen molar-refractivity contribution in [1.82, 2.24) is 20.9 Å². The highest BCUT2D eigenvalue weighted by atomic mass is 32.2. The highest BCUT2D eigenvalue weighted by Gasteiger charge is 2.20. The molecule has 0 radical (unpaired) electrons. The number of thioether (sulfide) groups is 1. The van der Waals surface area contributed by atoms with E-state index in [4.69, 9.17) is 0 Å². The number of carbonyl (C=O) groups is 2. The average Bonchev–Trinajstić information content (AvgIpc) is 3.51. The van der Waals surface area contributed by atoms with Crippen LogP contribution >= 0.6 is 23.1 Å². The summed E-state index contributed by atoms with van der Waals surface area (Å²) < 4.78 is 0. The Morgan fingerprint density at radius 1 is 0.917 bits per heavy atom. The van der Waals surface area contributed by atoms with Crippen molar-refractivity contribution in [1.29, 1.82) is 0 Å². The Balaban J connectivity index is 1.12. The highest BCUT2D eigenvalue weighted by Crippen LogP contribution is 2.22. The molecule has 1 unspecified atom stereocenters. The molecule has 2 amide bonds. The van der Waals surface area contributed by atoms with Crippen LogP contribution in [0.1, 0.15) is 41.0 Å². The number of aliphatic hydroxyl groups is 1. The summed E-state index contributed by atoms with van der Waals surface area (Å²) in [6.45, 7) is -0.100. The molecule has 0 saturated heterocycles. The van der Waals surface area contributed by atoms with Crippen molar-refractivity contribution < 1.29 is 14.7 Å². The first-order chi connectivity index (χ1) is 17.6. The fourth-order valence-corrected chi connectivity index (χ4v) is 5.39. The molecule has 1 aromatic heterocycles. The average molecular weight is 525 g/mol. The quantitative estimate of drug-likeness (QED) is 0.268. The second-order valence-electron chi connectivity index (χ2n) is 8.22. The van der Waals surface area contributed by atoms with Crippen molar-refractivity contribution in [3.05, 3.63) is 76.3 Å². The van der Waals surface area contributed by atoms with Crippen LogP contribution in [0.4, 0.5) is 5.13 Å². The molecule has 2 aromatic carbocycles. The summed E-state index contributed by atoms with van der Waals surface area (Å²) in [5, 5.41) is 30.0. The summed E-state index contributed by atoms with van der Waals surface area (Å²) in [7, 11) is 0. The monoisotopic (exact) mass is 524 g/mol. The van der Waals surface area contributed by atoms with Gasteiger partial charge in [-0.05, 0) is 36.0 Å². The maximum Gasteiger partial charge on any atom is 0.230 e. The number of carbonyl (C=O) groups excluding carboxylic acids is 2. The SMILES string of the molecule is O=C(Cc1ccccc1CO)Nc1nnc(CCCCC2=NNC(NC(=O)Cc3ccccc3)S2)s1. The lowest BCUT2D eigenvalue weighted by Crippen LogP contribution is -2.39. The van der Waals surface area contributed by atoms with Crippen LogP contribution in [0.5, 0.6) is 0 Å². The molecular weight excluding hydrogens is 496 g/mol. The minimum absolute atomic E-state index is 0.0422. The Morgan fingerprint density at radius 2 is 1.67 bits per heavy atom. The third-order valence-electron chi connectivity index (χ3n) is 5.44. The van der Waals surface area contributed by atoms with Gasteiger partial charge in [0.05, 0.1) is 24.5 Å². The number of aromatic nitrogens is 2. The van der Waals surface area contributed by atoms with E-state index in [1.54, 1.807) is 6.07 Å². The van der Waals surface area contributed by atoms with Gasteiger partial charge in [0.25, 0.3) is 0 Å². The number of nitrogens with zero attached hydrogens (tertiary/aromatic N) is 3. The normalized spacial score (nSPS) is 14.7. The third-order valence-corrected chi connectivity index (χ3v) is 7.37. The lowest BCUT2D eigenvalue weighted by atomic mass is 10.1. The minimum atomic E-state index is -0.241. The van der Waals surface area contributed by atoms with E-state index in [2.05, 4.69) is 31.4 Å². The molecule has 4 N–H and O–H groups in total. The lowest BCUT2D eigenvalue weighted by Gasteiger charge is -2.11. The molecule has 3 aromatic rings. The number of nitrogens with one attached hydrogen (secondary N) is 3.